The Morgan fingerprint density at radius 1 is 0.889 bits per heavy atom. The van der Waals surface area contributed by atoms with Gasteiger partial charge in [-0.25, -0.2) is 4.79 Å². The molecule has 5 N–H and O–H groups in total. The maximum atomic E-state index is 13.8. The number of amides is 3. The zero-order valence-corrected chi connectivity index (χ0v) is 25.9. The molecule has 0 radical (unpaired) electrons. The van der Waals surface area contributed by atoms with Gasteiger partial charge >= 0.3 is 6.09 Å². The van der Waals surface area contributed by atoms with Crippen molar-refractivity contribution < 1.29 is 23.9 Å². The standard InChI is InChI=1S/C35H41N5O5/c1-35(2,3)45-34(44)40-29(19-23-11-5-4-6-12-23)31(41)21-24(16-17-26-13-9-10-18-37-26)33(43)39-30(32(36)42)20-25-22-38-28-15-8-7-14-27(25)28/h4-15,18,22,24,29-30,38H,16-17,19-21H2,1-3H3,(H2,36,42)(H,39,43)(H,40,44). The first-order valence-electron chi connectivity index (χ1n) is 15.1. The van der Waals surface area contributed by atoms with E-state index in [1.54, 1.807) is 39.2 Å². The Hall–Kier alpha value is -4.99. The number of H-pyrrole nitrogens is 1. The fourth-order valence-electron chi connectivity index (χ4n) is 5.16. The van der Waals surface area contributed by atoms with E-state index in [-0.39, 0.29) is 31.5 Å². The van der Waals surface area contributed by atoms with Crippen LogP contribution in [0.4, 0.5) is 4.79 Å². The van der Waals surface area contributed by atoms with Gasteiger partial charge in [-0.3, -0.25) is 19.4 Å². The molecule has 0 aliphatic heterocycles. The molecule has 3 amide bonds. The smallest absolute Gasteiger partial charge is 0.408 e. The molecule has 10 heteroatoms. The number of carbonyl (C=O) groups is 4. The maximum absolute atomic E-state index is 13.8. The van der Waals surface area contributed by atoms with Gasteiger partial charge in [0, 0.05) is 47.8 Å². The average Bonchev–Trinajstić information content (AvgIpc) is 3.41. The molecule has 0 aliphatic carbocycles. The summed E-state index contributed by atoms with van der Waals surface area (Å²) in [7, 11) is 0. The number of alkyl carbamates (subject to hydrolysis) is 1. The minimum atomic E-state index is -0.996. The largest absolute Gasteiger partial charge is 0.444 e. The molecule has 2 aromatic carbocycles. The van der Waals surface area contributed by atoms with Crippen molar-refractivity contribution in [3.8, 4) is 0 Å². The summed E-state index contributed by atoms with van der Waals surface area (Å²) in [4.78, 5) is 60.4. The highest BCUT2D eigenvalue weighted by atomic mass is 16.6. The molecule has 0 bridgehead atoms. The third kappa shape index (κ3) is 10.0. The predicted molar refractivity (Wildman–Crippen MR) is 172 cm³/mol. The number of ether oxygens (including phenoxy) is 1. The van der Waals surface area contributed by atoms with Gasteiger partial charge in [0.1, 0.15) is 11.6 Å². The number of benzene rings is 2. The summed E-state index contributed by atoms with van der Waals surface area (Å²) in [5.41, 5.74) is 8.33. The van der Waals surface area contributed by atoms with Crippen molar-refractivity contribution in [3.05, 3.63) is 102 Å². The van der Waals surface area contributed by atoms with Crippen LogP contribution in [0.1, 0.15) is 50.4 Å². The van der Waals surface area contributed by atoms with E-state index in [2.05, 4.69) is 20.6 Å². The number of carbonyl (C=O) groups excluding carboxylic acids is 4. The molecule has 0 fully saturated rings. The van der Waals surface area contributed by atoms with Gasteiger partial charge in [-0.2, -0.15) is 0 Å². The topological polar surface area (TPSA) is 156 Å². The highest BCUT2D eigenvalue weighted by Crippen LogP contribution is 2.21. The normalized spacial score (nSPS) is 13.4. The zero-order chi connectivity index (χ0) is 32.4. The summed E-state index contributed by atoms with van der Waals surface area (Å²) in [6, 6.07) is 20.5. The molecule has 4 rings (SSSR count). The molecule has 0 saturated heterocycles. The summed E-state index contributed by atoms with van der Waals surface area (Å²) in [5, 5.41) is 6.45. The molecule has 2 aromatic heterocycles. The second-order valence-corrected chi connectivity index (χ2v) is 12.1. The Bertz CT molecular complexity index is 1600. The second-order valence-electron chi connectivity index (χ2n) is 12.1. The second kappa shape index (κ2) is 15.1. The first kappa shape index (κ1) is 32.9. The van der Waals surface area contributed by atoms with Crippen LogP contribution < -0.4 is 16.4 Å². The lowest BCUT2D eigenvalue weighted by atomic mass is 9.90. The van der Waals surface area contributed by atoms with E-state index in [1.807, 2.05) is 66.7 Å². The minimum Gasteiger partial charge on any atom is -0.444 e. The maximum Gasteiger partial charge on any atom is 0.408 e. The van der Waals surface area contributed by atoms with E-state index in [4.69, 9.17) is 10.5 Å². The van der Waals surface area contributed by atoms with E-state index in [9.17, 15) is 19.2 Å². The quantitative estimate of drug-likeness (QED) is 0.165. The molecule has 4 aromatic rings. The number of ketones is 1. The van der Waals surface area contributed by atoms with E-state index >= 15 is 0 Å². The molecule has 0 spiro atoms. The molecule has 45 heavy (non-hydrogen) atoms. The number of nitrogens with two attached hydrogens (primary N) is 1. The number of aromatic nitrogens is 2. The third-order valence-corrected chi connectivity index (χ3v) is 7.41. The molecule has 10 nitrogen and oxygen atoms in total. The number of nitrogens with zero attached hydrogens (tertiary/aromatic N) is 1. The highest BCUT2D eigenvalue weighted by Gasteiger charge is 2.31. The van der Waals surface area contributed by atoms with Crippen LogP contribution in [0.5, 0.6) is 0 Å². The lowest BCUT2D eigenvalue weighted by molar-refractivity contribution is -0.132. The Morgan fingerprint density at radius 3 is 2.29 bits per heavy atom. The van der Waals surface area contributed by atoms with Crippen LogP contribution in [0.15, 0.2) is 85.2 Å². The summed E-state index contributed by atoms with van der Waals surface area (Å²) in [6.07, 6.45) is 3.69. The van der Waals surface area contributed by atoms with Crippen LogP contribution in [-0.2, 0) is 38.4 Å². The minimum absolute atomic E-state index is 0.176. The van der Waals surface area contributed by atoms with Gasteiger partial charge in [-0.1, -0.05) is 54.6 Å². The SMILES string of the molecule is CC(C)(C)OC(=O)NC(Cc1ccccc1)C(=O)CC(CCc1ccccn1)C(=O)NC(Cc1c[nH]c2ccccc12)C(N)=O. The van der Waals surface area contributed by atoms with Gasteiger partial charge in [0.05, 0.1) is 6.04 Å². The Kier molecular flexibility index (Phi) is 11.1. The number of hydrogen-bond acceptors (Lipinski definition) is 6. The Labute approximate surface area is 263 Å². The molecule has 3 unspecified atom stereocenters. The number of aromatic amines is 1. The fourth-order valence-corrected chi connectivity index (χ4v) is 5.16. The Morgan fingerprint density at radius 2 is 1.60 bits per heavy atom. The third-order valence-electron chi connectivity index (χ3n) is 7.41. The number of rotatable bonds is 14. The summed E-state index contributed by atoms with van der Waals surface area (Å²) < 4.78 is 5.43. The lowest BCUT2D eigenvalue weighted by Gasteiger charge is -2.25. The molecule has 2 heterocycles. The molecule has 236 valence electrons. The first-order valence-corrected chi connectivity index (χ1v) is 15.1. The molecular weight excluding hydrogens is 570 g/mol. The number of primary amides is 1. The number of para-hydroxylation sites is 1. The van der Waals surface area contributed by atoms with Crippen molar-refractivity contribution in [2.24, 2.45) is 11.7 Å². The van der Waals surface area contributed by atoms with Crippen molar-refractivity contribution in [2.45, 2.75) is 70.6 Å². The molecular formula is C35H41N5O5. The number of hydrogen-bond donors (Lipinski definition) is 4. The van der Waals surface area contributed by atoms with Crippen LogP contribution >= 0.6 is 0 Å². The molecule has 0 aliphatic rings. The van der Waals surface area contributed by atoms with E-state index in [0.717, 1.165) is 27.7 Å². The summed E-state index contributed by atoms with van der Waals surface area (Å²) >= 11 is 0. The fraction of sp³-hybridized carbons (Fsp3) is 0.343. The number of Topliss-reactive ketones (excluding diaryl/α,β-unsaturated/α-hetero) is 1. The van der Waals surface area contributed by atoms with Gasteiger partial charge in [-0.05, 0) is 69.4 Å². The van der Waals surface area contributed by atoms with Crippen LogP contribution in [-0.4, -0.2) is 51.3 Å². The van der Waals surface area contributed by atoms with Crippen LogP contribution in [0.2, 0.25) is 0 Å². The van der Waals surface area contributed by atoms with Crippen molar-refractivity contribution in [2.75, 3.05) is 0 Å². The van der Waals surface area contributed by atoms with Crippen molar-refractivity contribution in [1.29, 1.82) is 0 Å². The number of pyridine rings is 1. The van der Waals surface area contributed by atoms with Gasteiger partial charge in [-0.15, -0.1) is 0 Å². The lowest BCUT2D eigenvalue weighted by Crippen LogP contribution is -2.49. The van der Waals surface area contributed by atoms with Crippen LogP contribution in [0.3, 0.4) is 0 Å². The Balaban J connectivity index is 1.54. The number of fused-ring (bicyclic) bond motifs is 1. The molecule has 0 saturated carbocycles. The van der Waals surface area contributed by atoms with Gasteiger partial charge in [0.2, 0.25) is 11.8 Å². The van der Waals surface area contributed by atoms with Crippen LogP contribution in [0.25, 0.3) is 10.9 Å². The average molecular weight is 612 g/mol. The number of aryl methyl sites for hydroxylation is 1. The monoisotopic (exact) mass is 611 g/mol. The van der Waals surface area contributed by atoms with E-state index in [1.165, 1.54) is 0 Å². The summed E-state index contributed by atoms with van der Waals surface area (Å²) in [6.45, 7) is 5.22. The van der Waals surface area contributed by atoms with Gasteiger partial charge in [0.15, 0.2) is 5.78 Å². The van der Waals surface area contributed by atoms with Crippen molar-refractivity contribution in [1.82, 2.24) is 20.6 Å². The van der Waals surface area contributed by atoms with Gasteiger partial charge < -0.3 is 26.1 Å². The van der Waals surface area contributed by atoms with Crippen molar-refractivity contribution >= 4 is 34.6 Å². The zero-order valence-electron chi connectivity index (χ0n) is 25.9. The predicted octanol–water partition coefficient (Wildman–Crippen LogP) is 4.42. The van der Waals surface area contributed by atoms with Crippen molar-refractivity contribution in [3.63, 3.8) is 0 Å². The summed E-state index contributed by atoms with van der Waals surface area (Å²) in [5.74, 6) is -2.31. The van der Waals surface area contributed by atoms with Gasteiger partial charge in [0.25, 0.3) is 0 Å². The molecule has 3 atom stereocenters. The number of nitrogens with one attached hydrogen (secondary N) is 3. The first-order chi connectivity index (χ1) is 21.5. The van der Waals surface area contributed by atoms with E-state index < -0.39 is 41.5 Å². The highest BCUT2D eigenvalue weighted by molar-refractivity contribution is 5.94. The van der Waals surface area contributed by atoms with E-state index in [0.29, 0.717) is 6.42 Å². The van der Waals surface area contributed by atoms with Crippen LogP contribution in [0, 0.1) is 5.92 Å².